The van der Waals surface area contributed by atoms with Crippen molar-refractivity contribution in [1.82, 2.24) is 19.7 Å². The fourth-order valence-corrected chi connectivity index (χ4v) is 7.25. The van der Waals surface area contributed by atoms with E-state index in [0.717, 1.165) is 37.7 Å². The minimum Gasteiger partial charge on any atom is -0.309 e. The highest BCUT2D eigenvalue weighted by molar-refractivity contribution is 6.07. The zero-order valence-corrected chi connectivity index (χ0v) is 22.1. The number of fused-ring (bicyclic) bond motifs is 1. The number of imide groups is 1. The van der Waals surface area contributed by atoms with E-state index >= 15 is 0 Å². The van der Waals surface area contributed by atoms with Gasteiger partial charge in [-0.2, -0.15) is 0 Å². The lowest BCUT2D eigenvalue weighted by Gasteiger charge is -2.57. The summed E-state index contributed by atoms with van der Waals surface area (Å²) in [6.07, 6.45) is 8.86. The average Bonchev–Trinajstić information content (AvgIpc) is 3.10. The number of carbonyl (C=O) groups is 2. The number of urea groups is 1. The van der Waals surface area contributed by atoms with E-state index in [-0.39, 0.29) is 18.5 Å². The van der Waals surface area contributed by atoms with Crippen molar-refractivity contribution >= 4 is 11.9 Å². The van der Waals surface area contributed by atoms with Gasteiger partial charge in [-0.05, 0) is 67.1 Å². The van der Waals surface area contributed by atoms with E-state index in [4.69, 9.17) is 0 Å². The second-order valence-corrected chi connectivity index (χ2v) is 12.0. The molecular weight excluding hydrogens is 460 g/mol. The Balaban J connectivity index is 1.19. The largest absolute Gasteiger partial charge is 0.328 e. The van der Waals surface area contributed by atoms with E-state index in [1.807, 2.05) is 41.3 Å². The first kappa shape index (κ1) is 24.4. The molecule has 1 spiro atoms. The molecule has 0 radical (unpaired) electrons. The summed E-state index contributed by atoms with van der Waals surface area (Å²) in [5.74, 6) is 1.50. The molecule has 194 valence electrons. The second kappa shape index (κ2) is 9.39. The quantitative estimate of drug-likeness (QED) is 0.402. The van der Waals surface area contributed by atoms with Crippen LogP contribution in [-0.2, 0) is 17.8 Å². The molecule has 3 heterocycles. The van der Waals surface area contributed by atoms with Crippen LogP contribution in [0.3, 0.4) is 0 Å². The van der Waals surface area contributed by atoms with Crippen molar-refractivity contribution in [3.05, 3.63) is 77.6 Å². The predicted molar refractivity (Wildman–Crippen MR) is 144 cm³/mol. The van der Waals surface area contributed by atoms with Crippen molar-refractivity contribution in [3.8, 4) is 0 Å². The lowest BCUT2D eigenvalue weighted by Crippen LogP contribution is -2.57. The molecule has 2 atom stereocenters. The lowest BCUT2D eigenvalue weighted by molar-refractivity contribution is -0.136. The number of benzene rings is 1. The van der Waals surface area contributed by atoms with Crippen LogP contribution in [0.4, 0.5) is 4.79 Å². The van der Waals surface area contributed by atoms with Gasteiger partial charge in [0.25, 0.3) is 5.91 Å². The van der Waals surface area contributed by atoms with Crippen LogP contribution >= 0.6 is 0 Å². The van der Waals surface area contributed by atoms with E-state index in [2.05, 4.69) is 41.9 Å². The number of aromatic nitrogens is 1. The normalized spacial score (nSPS) is 26.4. The fraction of sp³-hybridized carbons (Fsp3) is 0.516. The third-order valence-corrected chi connectivity index (χ3v) is 9.81. The Bertz CT molecular complexity index is 1180. The number of amides is 3. The highest BCUT2D eigenvalue weighted by atomic mass is 16.2. The van der Waals surface area contributed by atoms with Crippen LogP contribution in [0.15, 0.2) is 66.4 Å². The molecule has 2 aliphatic heterocycles. The second-order valence-electron chi connectivity index (χ2n) is 12.0. The van der Waals surface area contributed by atoms with Crippen molar-refractivity contribution in [2.45, 2.75) is 58.0 Å². The summed E-state index contributed by atoms with van der Waals surface area (Å²) in [6, 6.07) is 15.7. The Hall–Kier alpha value is -2.99. The van der Waals surface area contributed by atoms with Crippen LogP contribution < -0.4 is 0 Å². The standard InChI is InChI=1S/C31H38N4O2/c1-30(2)25-12-11-24(27(30)20-25)21-33-18-14-31(15-19-33)28(36)34(22-26-10-6-7-16-32-26)29(37)35(31)17-13-23-8-4-3-5-9-23/h3-11,16,25,27H,12-15,17-22H2,1-2H3/t25-,27-/m0/s1. The van der Waals surface area contributed by atoms with Gasteiger partial charge in [0.05, 0.1) is 12.2 Å². The Labute approximate surface area is 220 Å². The first-order chi connectivity index (χ1) is 17.9. The van der Waals surface area contributed by atoms with Crippen molar-refractivity contribution in [3.63, 3.8) is 0 Å². The maximum atomic E-state index is 14.0. The molecule has 7 rings (SSSR count). The molecule has 37 heavy (non-hydrogen) atoms. The number of likely N-dealkylation sites (tertiary alicyclic amines) is 1. The molecule has 3 amide bonds. The van der Waals surface area contributed by atoms with Crippen LogP contribution in [0.2, 0.25) is 0 Å². The van der Waals surface area contributed by atoms with Crippen molar-refractivity contribution in [2.75, 3.05) is 26.2 Å². The van der Waals surface area contributed by atoms with Gasteiger partial charge >= 0.3 is 6.03 Å². The Morgan fingerprint density at radius 1 is 0.973 bits per heavy atom. The van der Waals surface area contributed by atoms with Crippen LogP contribution in [0, 0.1) is 17.3 Å². The van der Waals surface area contributed by atoms with Gasteiger partial charge in [0, 0.05) is 32.4 Å². The fourth-order valence-electron chi connectivity index (χ4n) is 7.25. The topological polar surface area (TPSA) is 56.8 Å². The maximum Gasteiger partial charge on any atom is 0.328 e. The molecule has 2 bridgehead atoms. The zero-order valence-electron chi connectivity index (χ0n) is 22.1. The van der Waals surface area contributed by atoms with Crippen molar-refractivity contribution < 1.29 is 9.59 Å². The van der Waals surface area contributed by atoms with E-state index in [9.17, 15) is 9.59 Å². The number of pyridine rings is 1. The summed E-state index contributed by atoms with van der Waals surface area (Å²) in [7, 11) is 0. The molecule has 1 saturated carbocycles. The Morgan fingerprint density at radius 2 is 1.73 bits per heavy atom. The molecule has 0 unspecified atom stereocenters. The third kappa shape index (κ3) is 4.19. The number of piperidine rings is 1. The van der Waals surface area contributed by atoms with Gasteiger partial charge in [-0.25, -0.2) is 4.79 Å². The number of allylic oxidation sites excluding steroid dienone is 1. The van der Waals surface area contributed by atoms with Crippen LogP contribution in [-0.4, -0.2) is 63.3 Å². The predicted octanol–water partition coefficient (Wildman–Crippen LogP) is 4.92. The highest BCUT2D eigenvalue weighted by Gasteiger charge is 2.58. The van der Waals surface area contributed by atoms with Crippen molar-refractivity contribution in [2.24, 2.45) is 17.3 Å². The van der Waals surface area contributed by atoms with Gasteiger partial charge in [0.2, 0.25) is 0 Å². The molecule has 1 aromatic carbocycles. The number of rotatable bonds is 7. The number of hydrogen-bond acceptors (Lipinski definition) is 4. The first-order valence-electron chi connectivity index (χ1n) is 13.9. The highest BCUT2D eigenvalue weighted by Crippen LogP contribution is 2.59. The van der Waals surface area contributed by atoms with Gasteiger partial charge in [-0.1, -0.05) is 61.9 Å². The summed E-state index contributed by atoms with van der Waals surface area (Å²) < 4.78 is 0. The van der Waals surface area contributed by atoms with Crippen molar-refractivity contribution in [1.29, 1.82) is 0 Å². The SMILES string of the molecule is CC1(C)[C@H]2CC=C(CN3CCC4(CC3)C(=O)N(Cc3ccccn3)C(=O)N4CCc3ccccc3)[C@@H]1C2. The molecular formula is C31H38N4O2. The number of nitrogens with zero attached hydrogens (tertiary/aromatic N) is 4. The number of carbonyl (C=O) groups excluding carboxylic acids is 2. The minimum absolute atomic E-state index is 0.0456. The molecule has 1 aromatic heterocycles. The summed E-state index contributed by atoms with van der Waals surface area (Å²) >= 11 is 0. The molecule has 0 N–H and O–H groups in total. The summed E-state index contributed by atoms with van der Waals surface area (Å²) in [5, 5.41) is 0. The van der Waals surface area contributed by atoms with Gasteiger partial charge in [-0.3, -0.25) is 19.6 Å². The molecule has 3 aliphatic carbocycles. The maximum absolute atomic E-state index is 14.0. The zero-order chi connectivity index (χ0) is 25.6. The van der Waals surface area contributed by atoms with Crippen LogP contribution in [0.1, 0.15) is 50.8 Å². The smallest absolute Gasteiger partial charge is 0.309 e. The van der Waals surface area contributed by atoms with E-state index in [1.165, 1.54) is 23.3 Å². The summed E-state index contributed by atoms with van der Waals surface area (Å²) in [5.41, 5.74) is 3.19. The monoisotopic (exact) mass is 498 g/mol. The summed E-state index contributed by atoms with van der Waals surface area (Å²) in [6.45, 7) is 8.31. The van der Waals surface area contributed by atoms with Gasteiger partial charge < -0.3 is 4.90 Å². The molecule has 6 nitrogen and oxygen atoms in total. The molecule has 5 aliphatic rings. The molecule has 2 aromatic rings. The molecule has 3 fully saturated rings. The van der Waals surface area contributed by atoms with Gasteiger partial charge in [0.1, 0.15) is 5.54 Å². The first-order valence-corrected chi connectivity index (χ1v) is 13.9. The van der Waals surface area contributed by atoms with E-state index in [0.29, 0.717) is 30.7 Å². The Morgan fingerprint density at radius 3 is 2.41 bits per heavy atom. The van der Waals surface area contributed by atoms with E-state index < -0.39 is 5.54 Å². The average molecular weight is 499 g/mol. The number of hydrogen-bond donors (Lipinski definition) is 0. The molecule has 2 saturated heterocycles. The molecule has 6 heteroatoms. The minimum atomic E-state index is -0.751. The van der Waals surface area contributed by atoms with Crippen LogP contribution in [0.25, 0.3) is 0 Å². The van der Waals surface area contributed by atoms with E-state index in [1.54, 1.807) is 11.8 Å². The Kier molecular flexibility index (Phi) is 6.18. The van der Waals surface area contributed by atoms with Gasteiger partial charge in [0.15, 0.2) is 0 Å². The lowest BCUT2D eigenvalue weighted by atomic mass is 9.49. The van der Waals surface area contributed by atoms with Gasteiger partial charge in [-0.15, -0.1) is 0 Å². The summed E-state index contributed by atoms with van der Waals surface area (Å²) in [4.78, 5) is 37.9. The van der Waals surface area contributed by atoms with Crippen LogP contribution in [0.5, 0.6) is 0 Å². The third-order valence-electron chi connectivity index (χ3n) is 9.81.